The number of halogens is 1. The van der Waals surface area contributed by atoms with E-state index in [0.717, 1.165) is 11.0 Å². The number of H-pyrrole nitrogens is 1. The lowest BCUT2D eigenvalue weighted by atomic mass is 10.2. The van der Waals surface area contributed by atoms with E-state index in [1.54, 1.807) is 6.92 Å². The number of carbonyl (C=O) groups is 1. The molecule has 3 aromatic rings. The van der Waals surface area contributed by atoms with Gasteiger partial charge in [0, 0.05) is 11.0 Å². The smallest absolute Gasteiger partial charge is 0.348 e. The Morgan fingerprint density at radius 2 is 2.00 bits per heavy atom. The number of aromatic amines is 1. The third-order valence-corrected chi connectivity index (χ3v) is 5.70. The summed E-state index contributed by atoms with van der Waals surface area (Å²) in [7, 11) is 3.29. The molecule has 3 rings (SSSR count). The number of carbonyl (C=O) groups excluding carboxylic acids is 1. The summed E-state index contributed by atoms with van der Waals surface area (Å²) in [6.07, 6.45) is 0. The molecule has 0 atom stereocenters. The van der Waals surface area contributed by atoms with Crippen molar-refractivity contribution in [1.29, 1.82) is 0 Å². The highest BCUT2D eigenvalue weighted by Gasteiger charge is 2.19. The monoisotopic (exact) mass is 435 g/mol. The molecule has 0 amide bonds. The van der Waals surface area contributed by atoms with Crippen molar-refractivity contribution in [2.45, 2.75) is 20.0 Å². The lowest BCUT2D eigenvalue weighted by molar-refractivity contribution is 0.0605. The molecule has 0 aliphatic heterocycles. The van der Waals surface area contributed by atoms with Crippen LogP contribution < -0.4 is 5.56 Å². The predicted octanol–water partition coefficient (Wildman–Crippen LogP) is 3.47. The molecular formula is C18H18BrN3O3S. The van der Waals surface area contributed by atoms with Gasteiger partial charge in [-0.05, 0) is 37.2 Å². The quantitative estimate of drug-likeness (QED) is 0.620. The Hall–Kier alpha value is -2.03. The Morgan fingerprint density at radius 1 is 1.31 bits per heavy atom. The van der Waals surface area contributed by atoms with E-state index in [4.69, 9.17) is 4.74 Å². The van der Waals surface area contributed by atoms with Crippen molar-refractivity contribution in [3.05, 3.63) is 60.9 Å². The SMILES string of the molecule is COC(=O)c1sc2nc(CN(C)Cc3ccc(Br)cc3)[nH]c(=O)c2c1C. The van der Waals surface area contributed by atoms with Crippen LogP contribution >= 0.6 is 27.3 Å². The van der Waals surface area contributed by atoms with Gasteiger partial charge in [0.25, 0.3) is 5.56 Å². The summed E-state index contributed by atoms with van der Waals surface area (Å²) in [6.45, 7) is 2.96. The van der Waals surface area contributed by atoms with E-state index in [1.165, 1.54) is 24.0 Å². The van der Waals surface area contributed by atoms with Crippen LogP contribution in [-0.4, -0.2) is 35.0 Å². The van der Waals surface area contributed by atoms with Crippen molar-refractivity contribution in [2.75, 3.05) is 14.2 Å². The fourth-order valence-corrected chi connectivity index (χ4v) is 4.15. The molecule has 0 bridgehead atoms. The van der Waals surface area contributed by atoms with Crippen LogP contribution in [0.25, 0.3) is 10.2 Å². The van der Waals surface area contributed by atoms with Gasteiger partial charge in [0.15, 0.2) is 0 Å². The van der Waals surface area contributed by atoms with Crippen molar-refractivity contribution in [3.8, 4) is 0 Å². The standard InChI is InChI=1S/C18H18BrN3O3S/c1-10-14-16(23)20-13(21-17(14)26-15(10)18(24)25-3)9-22(2)8-11-4-6-12(19)7-5-11/h4-7H,8-9H2,1-3H3,(H,20,21,23). The average molecular weight is 436 g/mol. The molecule has 26 heavy (non-hydrogen) atoms. The van der Waals surface area contributed by atoms with Gasteiger partial charge in [-0.1, -0.05) is 28.1 Å². The van der Waals surface area contributed by atoms with Gasteiger partial charge in [0.05, 0.1) is 19.0 Å². The molecule has 136 valence electrons. The van der Waals surface area contributed by atoms with Crippen molar-refractivity contribution >= 4 is 43.5 Å². The second kappa shape index (κ2) is 7.69. The summed E-state index contributed by atoms with van der Waals surface area (Å²) in [5.74, 6) is 0.124. The molecule has 0 saturated heterocycles. The first kappa shape index (κ1) is 18.8. The largest absolute Gasteiger partial charge is 0.465 e. The molecule has 0 aliphatic carbocycles. The van der Waals surface area contributed by atoms with Gasteiger partial charge in [0.1, 0.15) is 15.5 Å². The average Bonchev–Trinajstić information content (AvgIpc) is 2.93. The van der Waals surface area contributed by atoms with E-state index >= 15 is 0 Å². The van der Waals surface area contributed by atoms with E-state index in [9.17, 15) is 9.59 Å². The minimum atomic E-state index is -0.446. The summed E-state index contributed by atoms with van der Waals surface area (Å²) < 4.78 is 5.81. The molecular weight excluding hydrogens is 418 g/mol. The summed E-state index contributed by atoms with van der Waals surface area (Å²) in [4.78, 5) is 34.7. The van der Waals surface area contributed by atoms with E-state index in [0.29, 0.717) is 33.0 Å². The number of nitrogens with zero attached hydrogens (tertiary/aromatic N) is 2. The van der Waals surface area contributed by atoms with Crippen molar-refractivity contribution in [3.63, 3.8) is 0 Å². The minimum Gasteiger partial charge on any atom is -0.465 e. The van der Waals surface area contributed by atoms with Crippen LogP contribution in [-0.2, 0) is 17.8 Å². The number of esters is 1. The maximum atomic E-state index is 12.5. The van der Waals surface area contributed by atoms with Crippen LogP contribution in [0.5, 0.6) is 0 Å². The Labute approximate surface area is 163 Å². The molecule has 8 heteroatoms. The van der Waals surface area contributed by atoms with Gasteiger partial charge in [0.2, 0.25) is 0 Å². The molecule has 2 heterocycles. The van der Waals surface area contributed by atoms with Crippen LogP contribution in [0.3, 0.4) is 0 Å². The Morgan fingerprint density at radius 3 is 2.65 bits per heavy atom. The molecule has 0 saturated carbocycles. The van der Waals surface area contributed by atoms with Gasteiger partial charge >= 0.3 is 5.97 Å². The van der Waals surface area contributed by atoms with Crippen molar-refractivity contribution in [1.82, 2.24) is 14.9 Å². The zero-order valence-corrected chi connectivity index (χ0v) is 17.0. The third kappa shape index (κ3) is 3.87. The van der Waals surface area contributed by atoms with E-state index in [1.807, 2.05) is 31.3 Å². The number of hydrogen-bond donors (Lipinski definition) is 1. The third-order valence-electron chi connectivity index (χ3n) is 4.01. The second-order valence-electron chi connectivity index (χ2n) is 6.04. The topological polar surface area (TPSA) is 75.3 Å². The normalized spacial score (nSPS) is 11.3. The molecule has 0 radical (unpaired) electrons. The summed E-state index contributed by atoms with van der Waals surface area (Å²) in [5, 5.41) is 0.453. The zero-order chi connectivity index (χ0) is 18.8. The highest BCUT2D eigenvalue weighted by molar-refractivity contribution is 9.10. The van der Waals surface area contributed by atoms with Gasteiger partial charge in [-0.3, -0.25) is 9.69 Å². The van der Waals surface area contributed by atoms with Crippen molar-refractivity contribution < 1.29 is 9.53 Å². The van der Waals surface area contributed by atoms with Gasteiger partial charge < -0.3 is 9.72 Å². The van der Waals surface area contributed by atoms with Crippen LogP contribution in [0.4, 0.5) is 0 Å². The van der Waals surface area contributed by atoms with Gasteiger partial charge in [-0.2, -0.15) is 0 Å². The first-order valence-corrected chi connectivity index (χ1v) is 9.53. The van der Waals surface area contributed by atoms with Crippen LogP contribution in [0, 0.1) is 6.92 Å². The molecule has 1 N–H and O–H groups in total. The minimum absolute atomic E-state index is 0.231. The molecule has 6 nitrogen and oxygen atoms in total. The van der Waals surface area contributed by atoms with Crippen LogP contribution in [0.15, 0.2) is 33.5 Å². The first-order valence-electron chi connectivity index (χ1n) is 7.92. The number of aryl methyl sites for hydroxylation is 1. The van der Waals surface area contributed by atoms with Crippen molar-refractivity contribution in [2.24, 2.45) is 0 Å². The molecule has 0 spiro atoms. The van der Waals surface area contributed by atoms with E-state index in [2.05, 4.69) is 30.8 Å². The number of fused-ring (bicyclic) bond motifs is 1. The highest BCUT2D eigenvalue weighted by Crippen LogP contribution is 2.27. The van der Waals surface area contributed by atoms with E-state index in [-0.39, 0.29) is 5.56 Å². The lowest BCUT2D eigenvalue weighted by Gasteiger charge is -2.16. The fourth-order valence-electron chi connectivity index (χ4n) is 2.76. The predicted molar refractivity (Wildman–Crippen MR) is 106 cm³/mol. The Kier molecular flexibility index (Phi) is 5.55. The number of nitrogens with one attached hydrogen (secondary N) is 1. The first-order chi connectivity index (χ1) is 12.4. The summed E-state index contributed by atoms with van der Waals surface area (Å²) in [6, 6.07) is 8.09. The summed E-state index contributed by atoms with van der Waals surface area (Å²) in [5.41, 5.74) is 1.55. The number of hydrogen-bond acceptors (Lipinski definition) is 6. The van der Waals surface area contributed by atoms with Gasteiger partial charge in [-0.25, -0.2) is 9.78 Å². The van der Waals surface area contributed by atoms with E-state index < -0.39 is 5.97 Å². The molecule has 1 aromatic carbocycles. The number of rotatable bonds is 5. The highest BCUT2D eigenvalue weighted by atomic mass is 79.9. The number of benzene rings is 1. The molecule has 0 fully saturated rings. The number of aromatic nitrogens is 2. The number of thiophene rings is 1. The maximum absolute atomic E-state index is 12.5. The lowest BCUT2D eigenvalue weighted by Crippen LogP contribution is -2.21. The Balaban J connectivity index is 1.85. The number of methoxy groups -OCH3 is 1. The number of ether oxygens (including phenoxy) is 1. The summed E-state index contributed by atoms with van der Waals surface area (Å²) >= 11 is 4.61. The zero-order valence-electron chi connectivity index (χ0n) is 14.6. The fraction of sp³-hybridized carbons (Fsp3) is 0.278. The Bertz CT molecular complexity index is 1010. The maximum Gasteiger partial charge on any atom is 0.348 e. The molecule has 0 aliphatic rings. The molecule has 2 aromatic heterocycles. The second-order valence-corrected chi connectivity index (χ2v) is 7.95. The van der Waals surface area contributed by atoms with Gasteiger partial charge in [-0.15, -0.1) is 11.3 Å². The van der Waals surface area contributed by atoms with Crippen LogP contribution in [0.2, 0.25) is 0 Å². The van der Waals surface area contributed by atoms with Crippen LogP contribution in [0.1, 0.15) is 26.6 Å². The molecule has 0 unspecified atom stereocenters.